The molecule has 0 spiro atoms. The SMILES string of the molecule is CC(C)(C)OC(=O)N1CCC(Nc2c(C#N)cnc3c2ccn3S(=O)(=O)c2ccccc2)C1. The summed E-state index contributed by atoms with van der Waals surface area (Å²) < 4.78 is 32.8. The molecule has 0 saturated carbocycles. The van der Waals surface area contributed by atoms with Gasteiger partial charge in [-0.25, -0.2) is 22.2 Å². The third kappa shape index (κ3) is 4.50. The highest BCUT2D eigenvalue weighted by atomic mass is 32.2. The summed E-state index contributed by atoms with van der Waals surface area (Å²) in [7, 11) is -3.85. The van der Waals surface area contributed by atoms with Crippen LogP contribution < -0.4 is 5.32 Å². The van der Waals surface area contributed by atoms with Crippen molar-refractivity contribution in [2.45, 2.75) is 43.7 Å². The van der Waals surface area contributed by atoms with Crippen LogP contribution in [0.25, 0.3) is 11.0 Å². The van der Waals surface area contributed by atoms with E-state index in [-0.39, 0.29) is 22.7 Å². The number of nitrogens with zero attached hydrogens (tertiary/aromatic N) is 4. The predicted octanol–water partition coefficient (Wildman–Crippen LogP) is 3.57. The number of hydrogen-bond donors (Lipinski definition) is 1. The van der Waals surface area contributed by atoms with Crippen molar-refractivity contribution in [3.05, 3.63) is 54.4 Å². The van der Waals surface area contributed by atoms with Gasteiger partial charge in [0, 0.05) is 36.9 Å². The minimum absolute atomic E-state index is 0.121. The normalized spacial score (nSPS) is 16.5. The smallest absolute Gasteiger partial charge is 0.410 e. The lowest BCUT2D eigenvalue weighted by atomic mass is 10.1. The van der Waals surface area contributed by atoms with E-state index in [0.29, 0.717) is 36.1 Å². The van der Waals surface area contributed by atoms with Crippen LogP contribution in [0.1, 0.15) is 32.8 Å². The number of amides is 1. The van der Waals surface area contributed by atoms with E-state index in [0.717, 1.165) is 3.97 Å². The minimum atomic E-state index is -3.85. The number of nitrogens with one attached hydrogen (secondary N) is 1. The third-order valence-electron chi connectivity index (χ3n) is 5.29. The topological polar surface area (TPSA) is 117 Å². The van der Waals surface area contributed by atoms with Crippen LogP contribution >= 0.6 is 0 Å². The molecule has 3 heterocycles. The number of hydrogen-bond acceptors (Lipinski definition) is 7. The summed E-state index contributed by atoms with van der Waals surface area (Å²) in [6.07, 6.45) is 3.08. The Morgan fingerprint density at radius 1 is 1.24 bits per heavy atom. The molecule has 1 N–H and O–H groups in total. The summed E-state index contributed by atoms with van der Waals surface area (Å²) in [5.41, 5.74) is 0.442. The van der Waals surface area contributed by atoms with Gasteiger partial charge in [0.1, 0.15) is 11.7 Å². The Morgan fingerprint density at radius 2 is 1.97 bits per heavy atom. The van der Waals surface area contributed by atoms with Crippen molar-refractivity contribution in [3.8, 4) is 6.07 Å². The monoisotopic (exact) mass is 467 g/mol. The molecule has 1 amide bonds. The highest BCUT2D eigenvalue weighted by molar-refractivity contribution is 7.90. The first-order valence-corrected chi connectivity index (χ1v) is 12.0. The molecule has 3 aromatic rings. The maximum atomic E-state index is 13.1. The average molecular weight is 468 g/mol. The van der Waals surface area contributed by atoms with Crippen molar-refractivity contribution in [3.63, 3.8) is 0 Å². The molecular weight excluding hydrogens is 442 g/mol. The minimum Gasteiger partial charge on any atom is -0.444 e. The lowest BCUT2D eigenvalue weighted by Gasteiger charge is -2.24. The first-order chi connectivity index (χ1) is 15.6. The molecule has 1 saturated heterocycles. The molecule has 0 aliphatic carbocycles. The van der Waals surface area contributed by atoms with Crippen LogP contribution in [0.5, 0.6) is 0 Å². The van der Waals surface area contributed by atoms with Crippen LogP contribution in [-0.4, -0.2) is 53.1 Å². The van der Waals surface area contributed by atoms with Crippen molar-refractivity contribution in [2.24, 2.45) is 0 Å². The van der Waals surface area contributed by atoms with Gasteiger partial charge in [-0.2, -0.15) is 5.26 Å². The average Bonchev–Trinajstić information content (AvgIpc) is 3.41. The molecule has 1 unspecified atom stereocenters. The van der Waals surface area contributed by atoms with Crippen molar-refractivity contribution in [2.75, 3.05) is 18.4 Å². The summed E-state index contributed by atoms with van der Waals surface area (Å²) >= 11 is 0. The van der Waals surface area contributed by atoms with Gasteiger partial charge in [-0.05, 0) is 45.4 Å². The number of benzene rings is 1. The molecule has 0 radical (unpaired) electrons. The summed E-state index contributed by atoms with van der Waals surface area (Å²) in [4.78, 5) is 18.4. The van der Waals surface area contributed by atoms with Crippen molar-refractivity contribution in [1.29, 1.82) is 5.26 Å². The third-order valence-corrected chi connectivity index (χ3v) is 6.97. The Bertz CT molecular complexity index is 1340. The molecule has 1 aliphatic rings. The Hall–Kier alpha value is -3.58. The van der Waals surface area contributed by atoms with Gasteiger partial charge in [-0.15, -0.1) is 0 Å². The van der Waals surface area contributed by atoms with E-state index < -0.39 is 15.6 Å². The number of carbonyl (C=O) groups is 1. The van der Waals surface area contributed by atoms with Crippen molar-refractivity contribution in [1.82, 2.24) is 13.9 Å². The van der Waals surface area contributed by atoms with Crippen molar-refractivity contribution >= 4 is 32.8 Å². The van der Waals surface area contributed by atoms with Crippen LogP contribution in [-0.2, 0) is 14.8 Å². The molecule has 9 nitrogen and oxygen atoms in total. The number of anilines is 1. The lowest BCUT2D eigenvalue weighted by molar-refractivity contribution is 0.0293. The van der Waals surface area contributed by atoms with Crippen LogP contribution in [0.15, 0.2) is 53.7 Å². The first-order valence-electron chi connectivity index (χ1n) is 10.6. The number of rotatable bonds is 4. The van der Waals surface area contributed by atoms with Gasteiger partial charge in [0.05, 0.1) is 16.1 Å². The summed E-state index contributed by atoms with van der Waals surface area (Å²) in [5, 5.41) is 13.5. The zero-order valence-corrected chi connectivity index (χ0v) is 19.5. The highest BCUT2D eigenvalue weighted by Crippen LogP contribution is 2.30. The van der Waals surface area contributed by atoms with Crippen LogP contribution in [0.3, 0.4) is 0 Å². The van der Waals surface area contributed by atoms with Gasteiger partial charge >= 0.3 is 6.09 Å². The first kappa shape index (κ1) is 22.6. The summed E-state index contributed by atoms with van der Waals surface area (Å²) in [6, 6.07) is 11.7. The van der Waals surface area contributed by atoms with E-state index in [1.165, 1.54) is 24.5 Å². The maximum absolute atomic E-state index is 13.1. The highest BCUT2D eigenvalue weighted by Gasteiger charge is 2.31. The maximum Gasteiger partial charge on any atom is 0.410 e. The number of aromatic nitrogens is 2. The number of fused-ring (bicyclic) bond motifs is 1. The van der Waals surface area contributed by atoms with E-state index in [9.17, 15) is 18.5 Å². The van der Waals surface area contributed by atoms with E-state index in [4.69, 9.17) is 4.74 Å². The second kappa shape index (κ2) is 8.41. The molecule has 1 aliphatic heterocycles. The predicted molar refractivity (Wildman–Crippen MR) is 123 cm³/mol. The van der Waals surface area contributed by atoms with Gasteiger partial charge < -0.3 is 15.0 Å². The van der Waals surface area contributed by atoms with E-state index in [2.05, 4.69) is 16.4 Å². The lowest BCUT2D eigenvalue weighted by Crippen LogP contribution is -2.36. The molecule has 10 heteroatoms. The van der Waals surface area contributed by atoms with Crippen LogP contribution in [0.2, 0.25) is 0 Å². The Labute approximate surface area is 192 Å². The van der Waals surface area contributed by atoms with Gasteiger partial charge in [-0.3, -0.25) is 0 Å². The largest absolute Gasteiger partial charge is 0.444 e. The number of carbonyl (C=O) groups excluding carboxylic acids is 1. The van der Waals surface area contributed by atoms with E-state index in [1.54, 1.807) is 29.2 Å². The molecule has 1 fully saturated rings. The standard InChI is InChI=1S/C23H25N5O4S/c1-23(2,3)32-22(29)27-11-9-17(15-27)26-20-16(13-24)14-25-21-19(20)10-12-28(21)33(30,31)18-7-5-4-6-8-18/h4-8,10,12,14,17H,9,11,15H2,1-3H3,(H,25,26). The molecule has 4 rings (SSSR count). The van der Waals surface area contributed by atoms with Crippen LogP contribution in [0.4, 0.5) is 10.5 Å². The molecule has 33 heavy (non-hydrogen) atoms. The fraction of sp³-hybridized carbons (Fsp3) is 0.348. The Balaban J connectivity index is 1.64. The second-order valence-corrected chi connectivity index (χ2v) is 10.7. The summed E-state index contributed by atoms with van der Waals surface area (Å²) in [5.74, 6) is 0. The summed E-state index contributed by atoms with van der Waals surface area (Å²) in [6.45, 7) is 6.38. The zero-order chi connectivity index (χ0) is 23.8. The van der Waals surface area contributed by atoms with E-state index in [1.807, 2.05) is 20.8 Å². The number of ether oxygens (including phenoxy) is 1. The van der Waals surface area contributed by atoms with Gasteiger partial charge in [0.15, 0.2) is 5.65 Å². The molecule has 1 atom stereocenters. The quantitative estimate of drug-likeness (QED) is 0.623. The molecule has 172 valence electrons. The van der Waals surface area contributed by atoms with Crippen molar-refractivity contribution < 1.29 is 17.9 Å². The van der Waals surface area contributed by atoms with E-state index >= 15 is 0 Å². The van der Waals surface area contributed by atoms with Gasteiger partial charge in [-0.1, -0.05) is 18.2 Å². The zero-order valence-electron chi connectivity index (χ0n) is 18.6. The Morgan fingerprint density at radius 3 is 2.64 bits per heavy atom. The van der Waals surface area contributed by atoms with Gasteiger partial charge in [0.25, 0.3) is 10.0 Å². The molecule has 1 aromatic carbocycles. The number of nitriles is 1. The molecule has 2 aromatic heterocycles. The van der Waals surface area contributed by atoms with Gasteiger partial charge in [0.2, 0.25) is 0 Å². The fourth-order valence-electron chi connectivity index (χ4n) is 3.78. The second-order valence-electron chi connectivity index (χ2n) is 8.88. The number of likely N-dealkylation sites (tertiary alicyclic amines) is 1. The Kier molecular flexibility index (Phi) is 5.76. The van der Waals surface area contributed by atoms with Crippen LogP contribution in [0, 0.1) is 11.3 Å². The molecular formula is C23H25N5O4S. The fourth-order valence-corrected chi connectivity index (χ4v) is 5.10. The number of pyridine rings is 1. The molecule has 0 bridgehead atoms.